The van der Waals surface area contributed by atoms with Gasteiger partial charge in [0.2, 0.25) is 5.69 Å². The Balaban J connectivity index is 1.24. The first-order chi connectivity index (χ1) is 29.2. The summed E-state index contributed by atoms with van der Waals surface area (Å²) < 4.78 is 12.0. The highest BCUT2D eigenvalue weighted by atomic mass is 16.3. The number of hydrogen-bond acceptors (Lipinski definition) is 3. The topological polar surface area (TPSA) is 53.1 Å². The molecule has 6 nitrogen and oxygen atoms in total. The van der Waals surface area contributed by atoms with Gasteiger partial charge in [-0.05, 0) is 42.5 Å². The maximum absolute atomic E-state index is 8.71. The Morgan fingerprint density at radius 2 is 0.932 bits per heavy atom. The highest BCUT2D eigenvalue weighted by Gasteiger charge is 2.27. The highest BCUT2D eigenvalue weighted by Crippen LogP contribution is 2.48. The highest BCUT2D eigenvalue weighted by molar-refractivity contribution is 6.20. The standard InChI is InChI=1S/C53H31N5O/c1-54-43-32-48(57-44-27-12-8-21-35(44)36-22-9-13-28-45(36)57)50(58-46-29-14-10-23-37(46)38-24-11-15-30-47(38)58)52-49(43)40-26-16-25-39(51(40)59-52)42-31-41(33-17-4-2-5-18-33)55-53(56-42)34-19-6-3-7-20-34/h2-32H. The number of para-hydroxylation sites is 5. The van der Waals surface area contributed by atoms with Crippen LogP contribution in [0.2, 0.25) is 0 Å². The second-order valence-electron chi connectivity index (χ2n) is 14.8. The number of furan rings is 1. The minimum absolute atomic E-state index is 0.509. The Morgan fingerprint density at radius 3 is 1.51 bits per heavy atom. The van der Waals surface area contributed by atoms with Crippen molar-refractivity contribution in [3.05, 3.63) is 199 Å². The van der Waals surface area contributed by atoms with Gasteiger partial charge < -0.3 is 13.6 Å². The molecule has 0 saturated carbocycles. The number of nitrogens with zero attached hydrogens (tertiary/aromatic N) is 5. The van der Waals surface area contributed by atoms with Gasteiger partial charge in [0.05, 0.1) is 45.7 Å². The van der Waals surface area contributed by atoms with Crippen LogP contribution in [0.15, 0.2) is 192 Å². The lowest BCUT2D eigenvalue weighted by atomic mass is 10.0. The van der Waals surface area contributed by atoms with Crippen molar-refractivity contribution in [3.8, 4) is 45.3 Å². The van der Waals surface area contributed by atoms with E-state index in [-0.39, 0.29) is 0 Å². The fourth-order valence-corrected chi connectivity index (χ4v) is 9.01. The molecule has 274 valence electrons. The number of hydrogen-bond donors (Lipinski definition) is 0. The van der Waals surface area contributed by atoms with Crippen molar-refractivity contribution in [2.24, 2.45) is 0 Å². The third-order valence-corrected chi connectivity index (χ3v) is 11.6. The molecule has 0 atom stereocenters. The number of rotatable bonds is 5. The summed E-state index contributed by atoms with van der Waals surface area (Å²) in [6.07, 6.45) is 0. The van der Waals surface area contributed by atoms with Crippen molar-refractivity contribution >= 4 is 71.2 Å². The Hall–Kier alpha value is -8.27. The van der Waals surface area contributed by atoms with Gasteiger partial charge in [0, 0.05) is 49.0 Å². The molecule has 0 spiro atoms. The predicted molar refractivity (Wildman–Crippen MR) is 241 cm³/mol. The Kier molecular flexibility index (Phi) is 7.19. The maximum atomic E-state index is 8.71. The van der Waals surface area contributed by atoms with Crippen LogP contribution in [-0.2, 0) is 0 Å². The summed E-state index contributed by atoms with van der Waals surface area (Å²) in [5, 5.41) is 6.16. The normalized spacial score (nSPS) is 11.7. The third kappa shape index (κ3) is 4.92. The summed E-state index contributed by atoms with van der Waals surface area (Å²) in [6, 6.07) is 64.6. The lowest BCUT2D eigenvalue weighted by Gasteiger charge is -2.18. The van der Waals surface area contributed by atoms with Gasteiger partial charge >= 0.3 is 0 Å². The van der Waals surface area contributed by atoms with Crippen LogP contribution in [-0.4, -0.2) is 19.1 Å². The molecule has 0 radical (unpaired) electrons. The molecule has 0 aliphatic rings. The van der Waals surface area contributed by atoms with Crippen LogP contribution < -0.4 is 0 Å². The van der Waals surface area contributed by atoms with Crippen molar-refractivity contribution in [3.63, 3.8) is 0 Å². The molecular weight excluding hydrogens is 723 g/mol. The molecule has 4 heterocycles. The molecule has 0 amide bonds. The molecular formula is C53H31N5O. The van der Waals surface area contributed by atoms with Crippen LogP contribution in [0, 0.1) is 6.57 Å². The number of fused-ring (bicyclic) bond motifs is 9. The van der Waals surface area contributed by atoms with Crippen LogP contribution in [0.25, 0.3) is 116 Å². The SMILES string of the molecule is [C-]#[N+]c1cc(-n2c3ccccc3c3ccccc32)c(-n2c3ccccc3c3ccccc32)c2oc3c(-c4cc(-c5ccccc5)nc(-c5ccccc5)n4)cccc3c12. The molecule has 0 saturated heterocycles. The first kappa shape index (κ1) is 32.9. The lowest BCUT2D eigenvalue weighted by Crippen LogP contribution is -2.04. The maximum Gasteiger partial charge on any atom is 0.200 e. The van der Waals surface area contributed by atoms with Crippen LogP contribution in [0.1, 0.15) is 0 Å². The second kappa shape index (κ2) is 12.9. The van der Waals surface area contributed by atoms with Gasteiger partial charge in [-0.25, -0.2) is 14.8 Å². The third-order valence-electron chi connectivity index (χ3n) is 11.6. The van der Waals surface area contributed by atoms with Gasteiger partial charge in [-0.15, -0.1) is 0 Å². The number of benzene rings is 8. The van der Waals surface area contributed by atoms with E-state index in [1.807, 2.05) is 60.7 Å². The van der Waals surface area contributed by atoms with Gasteiger partial charge in [-0.3, -0.25) is 0 Å². The van der Waals surface area contributed by atoms with Crippen molar-refractivity contribution < 1.29 is 4.42 Å². The average Bonchev–Trinajstić information content (AvgIpc) is 3.97. The molecule has 0 bridgehead atoms. The molecule has 0 aliphatic heterocycles. The first-order valence-corrected chi connectivity index (χ1v) is 19.6. The summed E-state index contributed by atoms with van der Waals surface area (Å²) in [7, 11) is 0. The lowest BCUT2D eigenvalue weighted by molar-refractivity contribution is 0.667. The smallest absolute Gasteiger partial charge is 0.200 e. The van der Waals surface area contributed by atoms with E-state index in [1.54, 1.807) is 0 Å². The molecule has 12 rings (SSSR count). The van der Waals surface area contributed by atoms with Gasteiger partial charge in [0.1, 0.15) is 11.3 Å². The van der Waals surface area contributed by atoms with Crippen LogP contribution in [0.5, 0.6) is 0 Å². The zero-order valence-electron chi connectivity index (χ0n) is 31.5. The van der Waals surface area contributed by atoms with E-state index in [4.69, 9.17) is 21.0 Å². The Morgan fingerprint density at radius 1 is 0.441 bits per heavy atom. The zero-order chi connectivity index (χ0) is 39.0. The van der Waals surface area contributed by atoms with Crippen LogP contribution in [0.4, 0.5) is 5.69 Å². The molecule has 12 aromatic rings. The van der Waals surface area contributed by atoms with E-state index in [1.165, 1.54) is 0 Å². The van der Waals surface area contributed by atoms with Crippen molar-refractivity contribution in [1.29, 1.82) is 0 Å². The fourth-order valence-electron chi connectivity index (χ4n) is 9.01. The molecule has 4 aromatic heterocycles. The summed E-state index contributed by atoms with van der Waals surface area (Å²) in [5.41, 5.74) is 12.0. The van der Waals surface area contributed by atoms with Gasteiger partial charge in [0.15, 0.2) is 11.4 Å². The minimum Gasteiger partial charge on any atom is -0.454 e. The van der Waals surface area contributed by atoms with E-state index in [0.29, 0.717) is 22.7 Å². The molecule has 0 unspecified atom stereocenters. The van der Waals surface area contributed by atoms with Crippen molar-refractivity contribution in [2.45, 2.75) is 0 Å². The summed E-state index contributed by atoms with van der Waals surface area (Å²) in [4.78, 5) is 14.5. The van der Waals surface area contributed by atoms with Gasteiger partial charge in [-0.2, -0.15) is 0 Å². The largest absolute Gasteiger partial charge is 0.454 e. The minimum atomic E-state index is 0.509. The van der Waals surface area contributed by atoms with E-state index >= 15 is 0 Å². The predicted octanol–water partition coefficient (Wildman–Crippen LogP) is 14.1. The van der Waals surface area contributed by atoms with Crippen molar-refractivity contribution in [2.75, 3.05) is 0 Å². The zero-order valence-corrected chi connectivity index (χ0v) is 31.5. The summed E-state index contributed by atoms with van der Waals surface area (Å²) >= 11 is 0. The van der Waals surface area contributed by atoms with Crippen molar-refractivity contribution in [1.82, 2.24) is 19.1 Å². The number of aromatic nitrogens is 4. The molecule has 8 aromatic carbocycles. The second-order valence-corrected chi connectivity index (χ2v) is 14.8. The van der Waals surface area contributed by atoms with E-state index in [9.17, 15) is 0 Å². The van der Waals surface area contributed by atoms with Gasteiger partial charge in [0.25, 0.3) is 0 Å². The molecule has 6 heteroatoms. The van der Waals surface area contributed by atoms with Crippen LogP contribution in [0.3, 0.4) is 0 Å². The summed E-state index contributed by atoms with van der Waals surface area (Å²) in [6.45, 7) is 8.71. The van der Waals surface area contributed by atoms with E-state index in [0.717, 1.165) is 93.8 Å². The molecule has 0 fully saturated rings. The molecule has 0 aliphatic carbocycles. The molecule has 0 N–H and O–H groups in total. The average molecular weight is 754 g/mol. The van der Waals surface area contributed by atoms with Crippen LogP contribution >= 0.6 is 0 Å². The monoisotopic (exact) mass is 753 g/mol. The van der Waals surface area contributed by atoms with Gasteiger partial charge in [-0.1, -0.05) is 146 Å². The first-order valence-electron chi connectivity index (χ1n) is 19.6. The Labute approximate surface area is 338 Å². The fraction of sp³-hybridized carbons (Fsp3) is 0. The van der Waals surface area contributed by atoms with E-state index in [2.05, 4.69) is 141 Å². The van der Waals surface area contributed by atoms with E-state index < -0.39 is 0 Å². The summed E-state index contributed by atoms with van der Waals surface area (Å²) in [5.74, 6) is 0.622. The molecule has 59 heavy (non-hydrogen) atoms. The Bertz CT molecular complexity index is 3520. The quantitative estimate of drug-likeness (QED) is 0.164.